The minimum atomic E-state index is -0.630. The zero-order valence-electron chi connectivity index (χ0n) is 19.0. The molecule has 10 heteroatoms. The fourth-order valence-corrected chi connectivity index (χ4v) is 8.07. The highest BCUT2D eigenvalue weighted by Gasteiger charge is 2.60. The molecule has 0 unspecified atom stereocenters. The van der Waals surface area contributed by atoms with E-state index in [1.807, 2.05) is 0 Å². The Hall–Kier alpha value is -2.13. The van der Waals surface area contributed by atoms with Gasteiger partial charge in [-0.15, -0.1) is 22.9 Å². The van der Waals surface area contributed by atoms with Crippen LogP contribution in [0.1, 0.15) is 71.0 Å². The van der Waals surface area contributed by atoms with Gasteiger partial charge < -0.3 is 20.1 Å². The van der Waals surface area contributed by atoms with Crippen molar-refractivity contribution in [3.63, 3.8) is 0 Å². The summed E-state index contributed by atoms with van der Waals surface area (Å²) in [4.78, 5) is 50.3. The second kappa shape index (κ2) is 8.91. The number of halogens is 1. The van der Waals surface area contributed by atoms with E-state index in [1.165, 1.54) is 7.05 Å². The number of anilines is 1. The van der Waals surface area contributed by atoms with Crippen molar-refractivity contribution in [3.05, 3.63) is 16.0 Å². The first-order valence-electron chi connectivity index (χ1n) is 11.3. The molecule has 2 amide bonds. The summed E-state index contributed by atoms with van der Waals surface area (Å²) in [6, 6.07) is 0. The van der Waals surface area contributed by atoms with Crippen molar-refractivity contribution in [1.82, 2.24) is 5.32 Å². The van der Waals surface area contributed by atoms with Gasteiger partial charge in [0.1, 0.15) is 5.00 Å². The third-order valence-corrected chi connectivity index (χ3v) is 8.72. The van der Waals surface area contributed by atoms with Crippen LogP contribution >= 0.6 is 22.9 Å². The molecular weight excluding hydrogens is 468 g/mol. The van der Waals surface area contributed by atoms with E-state index in [9.17, 15) is 19.2 Å². The van der Waals surface area contributed by atoms with Gasteiger partial charge in [0.2, 0.25) is 0 Å². The number of nitrogens with one attached hydrogen (secondary N) is 2. The predicted molar refractivity (Wildman–Crippen MR) is 124 cm³/mol. The van der Waals surface area contributed by atoms with Gasteiger partial charge in [-0.25, -0.2) is 4.79 Å². The monoisotopic (exact) mass is 496 g/mol. The van der Waals surface area contributed by atoms with Crippen molar-refractivity contribution in [2.75, 3.05) is 25.6 Å². The number of esters is 2. The van der Waals surface area contributed by atoms with Crippen LogP contribution in [0.2, 0.25) is 0 Å². The van der Waals surface area contributed by atoms with E-state index >= 15 is 0 Å². The number of amides is 2. The third kappa shape index (κ3) is 4.49. The van der Waals surface area contributed by atoms with Gasteiger partial charge in [0.05, 0.1) is 22.5 Å². The van der Waals surface area contributed by atoms with Crippen LogP contribution in [-0.2, 0) is 19.1 Å². The molecule has 4 saturated carbocycles. The quantitative estimate of drug-likeness (QED) is 0.440. The molecule has 0 aliphatic heterocycles. The van der Waals surface area contributed by atoms with E-state index in [2.05, 4.69) is 10.6 Å². The molecule has 4 aliphatic rings. The van der Waals surface area contributed by atoms with Crippen LogP contribution in [0.25, 0.3) is 0 Å². The van der Waals surface area contributed by atoms with Gasteiger partial charge in [-0.2, -0.15) is 0 Å². The minimum Gasteiger partial charge on any atom is -0.462 e. The van der Waals surface area contributed by atoms with E-state index in [0.29, 0.717) is 28.7 Å². The van der Waals surface area contributed by atoms with Gasteiger partial charge in [0.25, 0.3) is 11.8 Å². The fraction of sp³-hybridized carbons (Fsp3) is 0.652. The molecule has 4 bridgehead atoms. The Morgan fingerprint density at radius 2 is 1.79 bits per heavy atom. The van der Waals surface area contributed by atoms with Crippen molar-refractivity contribution >= 4 is 51.7 Å². The predicted octanol–water partition coefficient (Wildman–Crippen LogP) is 3.65. The highest BCUT2D eigenvalue weighted by atomic mass is 35.5. The highest BCUT2D eigenvalue weighted by molar-refractivity contribution is 7.18. The van der Waals surface area contributed by atoms with E-state index in [-0.39, 0.29) is 33.9 Å². The molecule has 0 aromatic carbocycles. The maximum absolute atomic E-state index is 13.1. The zero-order chi connectivity index (χ0) is 24.0. The summed E-state index contributed by atoms with van der Waals surface area (Å²) in [6.45, 7) is 2.98. The Morgan fingerprint density at radius 1 is 1.12 bits per heavy atom. The Kier molecular flexibility index (Phi) is 6.48. The second-order valence-electron chi connectivity index (χ2n) is 9.58. The number of ether oxygens (including phenoxy) is 2. The van der Waals surface area contributed by atoms with Gasteiger partial charge in [0.15, 0.2) is 6.61 Å². The number of hydrogen-bond donors (Lipinski definition) is 2. The molecule has 4 fully saturated rings. The summed E-state index contributed by atoms with van der Waals surface area (Å²) in [7, 11) is 1.48. The van der Waals surface area contributed by atoms with Gasteiger partial charge in [0, 0.05) is 11.9 Å². The van der Waals surface area contributed by atoms with E-state index in [4.69, 9.17) is 21.1 Å². The minimum absolute atomic E-state index is 0.130. The molecule has 33 heavy (non-hydrogen) atoms. The number of carbonyl (C=O) groups excluding carboxylic acids is 4. The maximum Gasteiger partial charge on any atom is 0.341 e. The SMILES string of the molecule is CCOC(=O)c1c(NC(=O)COC(=O)C23C[C@H]4C[C@@H](CC(Cl)(C4)C2)C3)sc(C(=O)NC)c1C. The lowest BCUT2D eigenvalue weighted by Crippen LogP contribution is -2.56. The standard InChI is InChI=1S/C23H29ClN2O6S/c1-4-31-20(29)16-12(2)17(18(28)25-3)33-19(16)26-15(27)10-32-21(30)22-6-13-5-14(7-22)9-23(24,8-13)11-22/h13-14H,4-11H2,1-3H3,(H,25,28)(H,26,27)/t13-,14-,22?,23?/m1/s1. The second-order valence-corrected chi connectivity index (χ2v) is 11.4. The average molecular weight is 497 g/mol. The number of hydrogen-bond acceptors (Lipinski definition) is 7. The number of carbonyl (C=O) groups is 4. The molecule has 1 aromatic heterocycles. The van der Waals surface area contributed by atoms with Crippen LogP contribution < -0.4 is 10.6 Å². The fourth-order valence-electron chi connectivity index (χ4n) is 6.22. The van der Waals surface area contributed by atoms with Crippen LogP contribution in [0, 0.1) is 24.2 Å². The Labute approximate surface area is 201 Å². The molecule has 2 N–H and O–H groups in total. The van der Waals surface area contributed by atoms with Crippen molar-refractivity contribution in [1.29, 1.82) is 0 Å². The lowest BCUT2D eigenvalue weighted by Gasteiger charge is -2.58. The van der Waals surface area contributed by atoms with Crippen molar-refractivity contribution in [2.24, 2.45) is 17.3 Å². The summed E-state index contributed by atoms with van der Waals surface area (Å²) in [6.07, 6.45) is 5.15. The van der Waals surface area contributed by atoms with Crippen LogP contribution in [0.15, 0.2) is 0 Å². The summed E-state index contributed by atoms with van der Waals surface area (Å²) in [5, 5.41) is 5.34. The van der Waals surface area contributed by atoms with Gasteiger partial charge in [-0.3, -0.25) is 14.4 Å². The Bertz CT molecular complexity index is 991. The molecule has 0 radical (unpaired) electrons. The number of alkyl halides is 1. The lowest BCUT2D eigenvalue weighted by molar-refractivity contribution is -0.171. The molecule has 1 aromatic rings. The summed E-state index contributed by atoms with van der Waals surface area (Å²) in [5.41, 5.74) is -0.0509. The van der Waals surface area contributed by atoms with E-state index in [1.54, 1.807) is 13.8 Å². The van der Waals surface area contributed by atoms with Gasteiger partial charge in [-0.1, -0.05) is 0 Å². The average Bonchev–Trinajstić information content (AvgIpc) is 3.05. The molecule has 8 nitrogen and oxygen atoms in total. The van der Waals surface area contributed by atoms with Crippen molar-refractivity contribution < 1.29 is 28.7 Å². The van der Waals surface area contributed by atoms with Crippen molar-refractivity contribution in [2.45, 2.75) is 57.2 Å². The first kappa shape index (κ1) is 24.0. The molecule has 0 spiro atoms. The molecule has 2 atom stereocenters. The van der Waals surface area contributed by atoms with Gasteiger partial charge >= 0.3 is 11.9 Å². The third-order valence-electron chi connectivity index (χ3n) is 7.07. The smallest absolute Gasteiger partial charge is 0.341 e. The van der Waals surface area contributed by atoms with Crippen LogP contribution in [0.3, 0.4) is 0 Å². The topological polar surface area (TPSA) is 111 Å². The lowest BCUT2D eigenvalue weighted by atomic mass is 9.49. The van der Waals surface area contributed by atoms with Crippen molar-refractivity contribution in [3.8, 4) is 0 Å². The summed E-state index contributed by atoms with van der Waals surface area (Å²) < 4.78 is 10.5. The Balaban J connectivity index is 1.44. The molecule has 4 aliphatic carbocycles. The first-order valence-corrected chi connectivity index (χ1v) is 12.5. The van der Waals surface area contributed by atoms with Gasteiger partial charge in [-0.05, 0) is 69.8 Å². The van der Waals surface area contributed by atoms with E-state index in [0.717, 1.165) is 43.4 Å². The molecule has 180 valence electrons. The van der Waals surface area contributed by atoms with Crippen LogP contribution in [0.4, 0.5) is 5.00 Å². The molecule has 0 saturated heterocycles. The summed E-state index contributed by atoms with van der Waals surface area (Å²) in [5.74, 6) is -1.06. The Morgan fingerprint density at radius 3 is 2.36 bits per heavy atom. The zero-order valence-corrected chi connectivity index (χ0v) is 20.6. The highest BCUT2D eigenvalue weighted by Crippen LogP contribution is 2.64. The van der Waals surface area contributed by atoms with E-state index < -0.39 is 23.9 Å². The van der Waals surface area contributed by atoms with Crippen LogP contribution in [-0.4, -0.2) is 48.9 Å². The largest absolute Gasteiger partial charge is 0.462 e. The summed E-state index contributed by atoms with van der Waals surface area (Å²) >= 11 is 7.78. The normalized spacial score (nSPS) is 29.5. The molecular formula is C23H29ClN2O6S. The first-order chi connectivity index (χ1) is 15.6. The number of thiophene rings is 1. The maximum atomic E-state index is 13.1. The van der Waals surface area contributed by atoms with Crippen LogP contribution in [0.5, 0.6) is 0 Å². The number of rotatable bonds is 7. The molecule has 1 heterocycles. The molecule has 5 rings (SSSR count).